The maximum Gasteiger partial charge on any atom is 0.214 e. The molecule has 0 spiro atoms. The van der Waals surface area contributed by atoms with Gasteiger partial charge in [0.15, 0.2) is 0 Å². The zero-order valence-electron chi connectivity index (χ0n) is 12.6. The first kappa shape index (κ1) is 16.9. The molecule has 0 aromatic rings. The van der Waals surface area contributed by atoms with Gasteiger partial charge in [0.2, 0.25) is 10.0 Å². The largest absolute Gasteiger partial charge is 0.320 e. The molecule has 0 amide bonds. The van der Waals surface area contributed by atoms with Crippen molar-refractivity contribution in [1.29, 1.82) is 0 Å². The Kier molecular flexibility index (Phi) is 7.28. The molecule has 5 nitrogen and oxygen atoms in total. The van der Waals surface area contributed by atoms with Crippen LogP contribution in [-0.2, 0) is 10.0 Å². The number of rotatable bonds is 7. The number of unbranched alkanes of at least 4 members (excludes halogenated alkanes) is 1. The van der Waals surface area contributed by atoms with Crippen molar-refractivity contribution in [2.45, 2.75) is 38.6 Å². The van der Waals surface area contributed by atoms with Crippen LogP contribution in [0.1, 0.15) is 32.6 Å². The lowest BCUT2D eigenvalue weighted by Gasteiger charge is -2.29. The number of hydrogen-bond donors (Lipinski definition) is 1. The summed E-state index contributed by atoms with van der Waals surface area (Å²) < 4.78 is 26.7. The van der Waals surface area contributed by atoms with Gasteiger partial charge in [-0.1, -0.05) is 6.92 Å². The van der Waals surface area contributed by atoms with Crippen molar-refractivity contribution in [3.63, 3.8) is 0 Å². The van der Waals surface area contributed by atoms with E-state index in [4.69, 9.17) is 0 Å². The minimum Gasteiger partial charge on any atom is -0.320 e. The summed E-state index contributed by atoms with van der Waals surface area (Å²) in [7, 11) is 0.877. The van der Waals surface area contributed by atoms with Gasteiger partial charge in [0.05, 0.1) is 5.75 Å². The van der Waals surface area contributed by atoms with Crippen LogP contribution in [0.2, 0.25) is 0 Å². The van der Waals surface area contributed by atoms with Gasteiger partial charge in [-0.05, 0) is 52.9 Å². The van der Waals surface area contributed by atoms with E-state index in [9.17, 15) is 8.42 Å². The normalized spacial score (nSPS) is 23.4. The molecule has 114 valence electrons. The zero-order chi connectivity index (χ0) is 14.3. The first-order chi connectivity index (χ1) is 9.01. The third kappa shape index (κ3) is 5.38. The monoisotopic (exact) mass is 291 g/mol. The van der Waals surface area contributed by atoms with Crippen molar-refractivity contribution in [3.05, 3.63) is 0 Å². The third-order valence-electron chi connectivity index (χ3n) is 3.76. The van der Waals surface area contributed by atoms with Gasteiger partial charge in [-0.15, -0.1) is 0 Å². The summed E-state index contributed by atoms with van der Waals surface area (Å²) in [6.45, 7) is 5.48. The molecule has 1 rings (SSSR count). The fraction of sp³-hybridized carbons (Fsp3) is 1.00. The van der Waals surface area contributed by atoms with Gasteiger partial charge >= 0.3 is 0 Å². The second-order valence-electron chi connectivity index (χ2n) is 5.42. The van der Waals surface area contributed by atoms with Crippen molar-refractivity contribution in [2.75, 3.05) is 46.0 Å². The van der Waals surface area contributed by atoms with Gasteiger partial charge < -0.3 is 10.2 Å². The van der Waals surface area contributed by atoms with E-state index in [-0.39, 0.29) is 11.8 Å². The highest BCUT2D eigenvalue weighted by Gasteiger charge is 2.30. The van der Waals surface area contributed by atoms with Crippen LogP contribution in [0, 0.1) is 0 Å². The average molecular weight is 291 g/mol. The van der Waals surface area contributed by atoms with Gasteiger partial charge in [-0.25, -0.2) is 8.42 Å². The van der Waals surface area contributed by atoms with Crippen LogP contribution in [0.3, 0.4) is 0 Å². The molecule has 0 saturated carbocycles. The predicted octanol–water partition coefficient (Wildman–Crippen LogP) is 0.732. The topological polar surface area (TPSA) is 52.7 Å². The quantitative estimate of drug-likeness (QED) is 0.703. The molecule has 1 fully saturated rings. The molecule has 0 aromatic heterocycles. The Labute approximate surface area is 118 Å². The molecule has 1 atom stereocenters. The van der Waals surface area contributed by atoms with E-state index >= 15 is 0 Å². The summed E-state index contributed by atoms with van der Waals surface area (Å²) in [4.78, 5) is 2.24. The van der Waals surface area contributed by atoms with E-state index in [1.165, 1.54) is 0 Å². The smallest absolute Gasteiger partial charge is 0.214 e. The fourth-order valence-electron chi connectivity index (χ4n) is 2.62. The molecule has 1 aliphatic heterocycles. The highest BCUT2D eigenvalue weighted by molar-refractivity contribution is 7.89. The van der Waals surface area contributed by atoms with Gasteiger partial charge in [-0.2, -0.15) is 4.31 Å². The molecular weight excluding hydrogens is 262 g/mol. The lowest BCUT2D eigenvalue weighted by atomic mass is 10.2. The van der Waals surface area contributed by atoms with E-state index in [1.807, 2.05) is 7.05 Å². The van der Waals surface area contributed by atoms with Crippen molar-refractivity contribution >= 4 is 10.0 Å². The zero-order valence-corrected chi connectivity index (χ0v) is 13.4. The highest BCUT2D eigenvalue weighted by atomic mass is 32.2. The van der Waals surface area contributed by atoms with Crippen LogP contribution in [0.15, 0.2) is 0 Å². The number of sulfonamides is 1. The summed E-state index contributed by atoms with van der Waals surface area (Å²) in [6, 6.07) is 0.141. The molecule has 0 radical (unpaired) electrons. The predicted molar refractivity (Wildman–Crippen MR) is 79.8 cm³/mol. The van der Waals surface area contributed by atoms with Gasteiger partial charge in [-0.3, -0.25) is 0 Å². The van der Waals surface area contributed by atoms with E-state index in [1.54, 1.807) is 4.31 Å². The average Bonchev–Trinajstić information content (AvgIpc) is 2.56. The summed E-state index contributed by atoms with van der Waals surface area (Å²) in [5.41, 5.74) is 0. The van der Waals surface area contributed by atoms with Crippen molar-refractivity contribution in [2.24, 2.45) is 0 Å². The molecule has 6 heteroatoms. The Balaban J connectivity index is 2.62. The first-order valence-electron chi connectivity index (χ1n) is 7.34. The van der Waals surface area contributed by atoms with Crippen LogP contribution >= 0.6 is 0 Å². The van der Waals surface area contributed by atoms with E-state index < -0.39 is 10.0 Å². The van der Waals surface area contributed by atoms with Crippen LogP contribution in [0.25, 0.3) is 0 Å². The minimum atomic E-state index is -3.09. The minimum absolute atomic E-state index is 0.141. The lowest BCUT2D eigenvalue weighted by molar-refractivity contribution is 0.270. The first-order valence-corrected chi connectivity index (χ1v) is 8.95. The molecule has 1 saturated heterocycles. The van der Waals surface area contributed by atoms with Crippen LogP contribution in [0.4, 0.5) is 0 Å². The lowest BCUT2D eigenvalue weighted by Crippen LogP contribution is -2.44. The molecular formula is C13H29N3O2S. The summed E-state index contributed by atoms with van der Waals surface area (Å²) in [5.74, 6) is 0.287. The molecule has 0 aliphatic carbocycles. The van der Waals surface area contributed by atoms with Crippen LogP contribution in [-0.4, -0.2) is 69.7 Å². The highest BCUT2D eigenvalue weighted by Crippen LogP contribution is 2.17. The molecule has 1 heterocycles. The molecule has 1 N–H and O–H groups in total. The maximum absolute atomic E-state index is 12.5. The molecule has 1 unspecified atom stereocenters. The number of hydrogen-bond acceptors (Lipinski definition) is 4. The molecule has 19 heavy (non-hydrogen) atoms. The molecule has 1 aliphatic rings. The Morgan fingerprint density at radius 1 is 1.26 bits per heavy atom. The molecule has 0 bridgehead atoms. The van der Waals surface area contributed by atoms with Crippen molar-refractivity contribution in [1.82, 2.24) is 14.5 Å². The summed E-state index contributed by atoms with van der Waals surface area (Å²) in [5, 5.41) is 3.05. The number of likely N-dealkylation sites (N-methyl/N-ethyl adjacent to an activating group) is 1. The van der Waals surface area contributed by atoms with E-state index in [2.05, 4.69) is 24.2 Å². The Morgan fingerprint density at radius 2 is 2.00 bits per heavy atom. The van der Waals surface area contributed by atoms with E-state index in [0.29, 0.717) is 6.54 Å². The Morgan fingerprint density at radius 3 is 2.63 bits per heavy atom. The van der Waals surface area contributed by atoms with Gasteiger partial charge in [0.1, 0.15) is 0 Å². The third-order valence-corrected chi connectivity index (χ3v) is 5.76. The SMILES string of the molecule is CCC1CN(C)CCCN1S(=O)(=O)CCCCNC. The van der Waals surface area contributed by atoms with E-state index in [0.717, 1.165) is 45.3 Å². The Bertz CT molecular complexity index is 346. The second-order valence-corrected chi connectivity index (χ2v) is 7.46. The standard InChI is InChI=1S/C13H29N3O2S/c1-4-13-12-15(3)9-7-10-16(13)19(17,18)11-6-5-8-14-2/h13-14H,4-12H2,1-3H3. The Hall–Kier alpha value is -0.170. The van der Waals surface area contributed by atoms with Crippen molar-refractivity contribution < 1.29 is 8.42 Å². The number of nitrogens with zero attached hydrogens (tertiary/aromatic N) is 2. The van der Waals surface area contributed by atoms with Gasteiger partial charge in [0.25, 0.3) is 0 Å². The fourth-order valence-corrected chi connectivity index (χ4v) is 4.50. The molecule has 0 aromatic carbocycles. The van der Waals surface area contributed by atoms with Crippen molar-refractivity contribution in [3.8, 4) is 0 Å². The van der Waals surface area contributed by atoms with Crippen LogP contribution in [0.5, 0.6) is 0 Å². The summed E-state index contributed by atoms with van der Waals surface area (Å²) >= 11 is 0. The number of nitrogens with one attached hydrogen (secondary N) is 1. The second kappa shape index (κ2) is 8.19. The maximum atomic E-state index is 12.5. The van der Waals surface area contributed by atoms with Gasteiger partial charge in [0, 0.05) is 19.1 Å². The summed E-state index contributed by atoms with van der Waals surface area (Å²) in [6.07, 6.45) is 3.48. The van der Waals surface area contributed by atoms with Crippen LogP contribution < -0.4 is 5.32 Å².